The molecule has 140 valence electrons. The molecule has 28 heavy (non-hydrogen) atoms. The quantitative estimate of drug-likeness (QED) is 0.587. The fraction of sp³-hybridized carbons (Fsp3) is 0.0870. The Morgan fingerprint density at radius 1 is 0.929 bits per heavy atom. The second kappa shape index (κ2) is 7.52. The van der Waals surface area contributed by atoms with Crippen molar-refractivity contribution in [3.8, 4) is 5.75 Å². The zero-order valence-corrected chi connectivity index (χ0v) is 16.8. The van der Waals surface area contributed by atoms with Crippen LogP contribution in [0.25, 0.3) is 5.57 Å². The van der Waals surface area contributed by atoms with Crippen LogP contribution in [-0.2, 0) is 4.79 Å². The molecule has 1 heterocycles. The number of hydrogen-bond donors (Lipinski definition) is 1. The van der Waals surface area contributed by atoms with E-state index in [0.717, 1.165) is 21.3 Å². The Morgan fingerprint density at radius 2 is 1.57 bits per heavy atom. The number of carbonyl (C=O) groups is 1. The number of methoxy groups -OCH3 is 1. The molecule has 0 saturated carbocycles. The summed E-state index contributed by atoms with van der Waals surface area (Å²) in [6.07, 6.45) is 0. The lowest BCUT2D eigenvalue weighted by molar-refractivity contribution is -0.117. The van der Waals surface area contributed by atoms with Crippen LogP contribution >= 0.6 is 15.9 Å². The molecule has 1 N–H and O–H groups in total. The van der Waals surface area contributed by atoms with Gasteiger partial charge < -0.3 is 9.84 Å². The van der Waals surface area contributed by atoms with Crippen LogP contribution < -0.4 is 9.64 Å². The minimum atomic E-state index is -0.428. The average molecular weight is 436 g/mol. The van der Waals surface area contributed by atoms with Crippen LogP contribution in [0.1, 0.15) is 17.2 Å². The highest BCUT2D eigenvalue weighted by atomic mass is 79.9. The van der Waals surface area contributed by atoms with Crippen molar-refractivity contribution >= 4 is 33.1 Å². The molecule has 5 heteroatoms. The van der Waals surface area contributed by atoms with Gasteiger partial charge in [-0.05, 0) is 47.5 Å². The highest BCUT2D eigenvalue weighted by Gasteiger charge is 2.41. The molecule has 1 aliphatic rings. The van der Waals surface area contributed by atoms with E-state index in [1.807, 2.05) is 78.9 Å². The molecular weight excluding hydrogens is 418 g/mol. The summed E-state index contributed by atoms with van der Waals surface area (Å²) in [5.41, 5.74) is 3.01. The summed E-state index contributed by atoms with van der Waals surface area (Å²) in [5.74, 6) is 0.0677. The molecule has 0 spiro atoms. The Hall–Kier alpha value is -3.05. The lowest BCUT2D eigenvalue weighted by atomic mass is 9.93. The summed E-state index contributed by atoms with van der Waals surface area (Å²) in [7, 11) is 1.60. The van der Waals surface area contributed by atoms with E-state index in [-0.39, 0.29) is 5.76 Å². The molecule has 1 aliphatic heterocycles. The number of carbonyl (C=O) groups excluding carboxylic acids is 1. The van der Waals surface area contributed by atoms with Crippen molar-refractivity contribution in [3.63, 3.8) is 0 Å². The lowest BCUT2D eigenvalue weighted by Gasteiger charge is -2.27. The molecule has 3 aromatic carbocycles. The number of aliphatic hydroxyl groups is 1. The van der Waals surface area contributed by atoms with Gasteiger partial charge in [-0.1, -0.05) is 58.4 Å². The van der Waals surface area contributed by atoms with Crippen LogP contribution in [0.4, 0.5) is 5.69 Å². The van der Waals surface area contributed by atoms with Gasteiger partial charge in [0.1, 0.15) is 5.75 Å². The fourth-order valence-corrected chi connectivity index (χ4v) is 3.75. The molecule has 0 aromatic heterocycles. The molecule has 0 radical (unpaired) electrons. The van der Waals surface area contributed by atoms with Gasteiger partial charge in [-0.3, -0.25) is 9.69 Å². The Balaban J connectivity index is 1.87. The number of aliphatic hydroxyl groups excluding tert-OH is 1. The normalized spacial score (nSPS) is 16.6. The molecule has 0 unspecified atom stereocenters. The first-order valence-corrected chi connectivity index (χ1v) is 9.61. The number of hydrogen-bond acceptors (Lipinski definition) is 3. The summed E-state index contributed by atoms with van der Waals surface area (Å²) in [6.45, 7) is 0. The van der Waals surface area contributed by atoms with Crippen LogP contribution in [0.3, 0.4) is 0 Å². The van der Waals surface area contributed by atoms with Crippen LogP contribution in [0, 0.1) is 0 Å². The maximum absolute atomic E-state index is 13.1. The molecule has 0 aliphatic carbocycles. The van der Waals surface area contributed by atoms with Crippen molar-refractivity contribution in [1.82, 2.24) is 0 Å². The minimum Gasteiger partial charge on any atom is -0.503 e. The third-order valence-electron chi connectivity index (χ3n) is 4.83. The van der Waals surface area contributed by atoms with Gasteiger partial charge in [0.15, 0.2) is 5.76 Å². The third kappa shape index (κ3) is 3.18. The largest absolute Gasteiger partial charge is 0.503 e. The number of benzene rings is 3. The van der Waals surface area contributed by atoms with Gasteiger partial charge in [0.05, 0.1) is 13.2 Å². The van der Waals surface area contributed by atoms with Crippen molar-refractivity contribution in [2.75, 3.05) is 12.0 Å². The van der Waals surface area contributed by atoms with Gasteiger partial charge in [0.25, 0.3) is 5.91 Å². The van der Waals surface area contributed by atoms with Crippen molar-refractivity contribution in [1.29, 1.82) is 0 Å². The predicted octanol–water partition coefficient (Wildman–Crippen LogP) is 5.51. The summed E-state index contributed by atoms with van der Waals surface area (Å²) < 4.78 is 6.16. The minimum absolute atomic E-state index is 0.234. The van der Waals surface area contributed by atoms with E-state index >= 15 is 0 Å². The number of nitrogens with zero attached hydrogens (tertiary/aromatic N) is 1. The smallest absolute Gasteiger partial charge is 0.294 e. The molecule has 1 atom stereocenters. The van der Waals surface area contributed by atoms with Crippen LogP contribution in [0.5, 0.6) is 5.75 Å². The van der Waals surface area contributed by atoms with Gasteiger partial charge in [-0.2, -0.15) is 0 Å². The maximum atomic E-state index is 13.1. The van der Waals surface area contributed by atoms with E-state index in [1.54, 1.807) is 12.0 Å². The van der Waals surface area contributed by atoms with E-state index in [4.69, 9.17) is 4.74 Å². The number of rotatable bonds is 4. The SMILES string of the molecule is COc1ccc(C2=C(O)C(=O)N(c3ccc(Br)cc3)[C@H]2c2ccccc2)cc1. The van der Waals surface area contributed by atoms with Crippen LogP contribution in [0.15, 0.2) is 89.1 Å². The van der Waals surface area contributed by atoms with E-state index in [1.165, 1.54) is 0 Å². The first kappa shape index (κ1) is 18.3. The molecule has 0 saturated heterocycles. The van der Waals surface area contributed by atoms with E-state index < -0.39 is 11.9 Å². The van der Waals surface area contributed by atoms with Crippen molar-refractivity contribution < 1.29 is 14.6 Å². The highest BCUT2D eigenvalue weighted by Crippen LogP contribution is 2.45. The molecule has 0 fully saturated rings. The molecular formula is C23H18BrNO3. The van der Waals surface area contributed by atoms with Gasteiger partial charge in [-0.25, -0.2) is 0 Å². The van der Waals surface area contributed by atoms with Gasteiger partial charge in [0, 0.05) is 15.7 Å². The Bertz CT molecular complexity index is 1030. The van der Waals surface area contributed by atoms with Gasteiger partial charge >= 0.3 is 0 Å². The monoisotopic (exact) mass is 435 g/mol. The van der Waals surface area contributed by atoms with Crippen molar-refractivity contribution in [2.24, 2.45) is 0 Å². The number of anilines is 1. The molecule has 0 bridgehead atoms. The molecule has 4 nitrogen and oxygen atoms in total. The summed E-state index contributed by atoms with van der Waals surface area (Å²) in [4.78, 5) is 14.7. The number of amides is 1. The number of ether oxygens (including phenoxy) is 1. The summed E-state index contributed by atoms with van der Waals surface area (Å²) in [5, 5.41) is 10.8. The van der Waals surface area contributed by atoms with Gasteiger partial charge in [0.2, 0.25) is 0 Å². The molecule has 1 amide bonds. The maximum Gasteiger partial charge on any atom is 0.294 e. The zero-order valence-electron chi connectivity index (χ0n) is 15.2. The Kier molecular flexibility index (Phi) is 4.92. The van der Waals surface area contributed by atoms with Crippen molar-refractivity contribution in [2.45, 2.75) is 6.04 Å². The second-order valence-corrected chi connectivity index (χ2v) is 7.37. The predicted molar refractivity (Wildman–Crippen MR) is 113 cm³/mol. The zero-order chi connectivity index (χ0) is 19.7. The van der Waals surface area contributed by atoms with Crippen molar-refractivity contribution in [3.05, 3.63) is 100 Å². The third-order valence-corrected chi connectivity index (χ3v) is 5.36. The van der Waals surface area contributed by atoms with E-state index in [2.05, 4.69) is 15.9 Å². The Morgan fingerprint density at radius 3 is 2.18 bits per heavy atom. The second-order valence-electron chi connectivity index (χ2n) is 6.46. The standard InChI is InChI=1S/C23H18BrNO3/c1-28-19-13-7-15(8-14-19)20-21(16-5-3-2-4-6-16)25(23(27)22(20)26)18-11-9-17(24)10-12-18/h2-14,21,26H,1H3/t21-/m0/s1. The van der Waals surface area contributed by atoms with E-state index in [9.17, 15) is 9.90 Å². The van der Waals surface area contributed by atoms with Crippen LogP contribution in [-0.4, -0.2) is 18.1 Å². The summed E-state index contributed by atoms with van der Waals surface area (Å²) in [6, 6.07) is 24.2. The van der Waals surface area contributed by atoms with Gasteiger partial charge in [-0.15, -0.1) is 0 Å². The topological polar surface area (TPSA) is 49.8 Å². The summed E-state index contributed by atoms with van der Waals surface area (Å²) >= 11 is 3.43. The Labute approximate surface area is 171 Å². The molecule has 4 rings (SSSR count). The fourth-order valence-electron chi connectivity index (χ4n) is 3.49. The van der Waals surface area contributed by atoms with Crippen LogP contribution in [0.2, 0.25) is 0 Å². The first-order valence-electron chi connectivity index (χ1n) is 8.82. The highest BCUT2D eigenvalue weighted by molar-refractivity contribution is 9.10. The van der Waals surface area contributed by atoms with E-state index in [0.29, 0.717) is 11.3 Å². The lowest BCUT2D eigenvalue weighted by Crippen LogP contribution is -2.30. The first-order chi connectivity index (χ1) is 13.6. The average Bonchev–Trinajstić information content (AvgIpc) is 3.00. The molecule has 3 aromatic rings. The number of halogens is 1.